The van der Waals surface area contributed by atoms with E-state index in [2.05, 4.69) is 12.2 Å². The second-order valence-corrected chi connectivity index (χ2v) is 5.64. The summed E-state index contributed by atoms with van der Waals surface area (Å²) in [4.78, 5) is 0. The normalized spacial score (nSPS) is 12.3. The Labute approximate surface area is 87.7 Å². The molecule has 0 unspecified atom stereocenters. The molecule has 0 aromatic carbocycles. The number of unbranched alkanes of at least 4 members (excludes halogenated alkanes) is 1. The van der Waals surface area contributed by atoms with E-state index in [9.17, 15) is 8.42 Å². The van der Waals surface area contributed by atoms with E-state index in [-0.39, 0.29) is 5.75 Å². The van der Waals surface area contributed by atoms with E-state index in [1.807, 2.05) is 7.05 Å². The monoisotopic (exact) mass is 222 g/mol. The van der Waals surface area contributed by atoms with E-state index >= 15 is 0 Å². The van der Waals surface area contributed by atoms with Crippen molar-refractivity contribution < 1.29 is 8.42 Å². The van der Waals surface area contributed by atoms with Crippen LogP contribution in [0.1, 0.15) is 26.2 Å². The second-order valence-electron chi connectivity index (χ2n) is 3.45. The van der Waals surface area contributed by atoms with Crippen molar-refractivity contribution in [1.82, 2.24) is 9.62 Å². The molecular formula is C9H22N2O2S. The summed E-state index contributed by atoms with van der Waals surface area (Å²) >= 11 is 0. The van der Waals surface area contributed by atoms with Gasteiger partial charge in [-0.05, 0) is 26.4 Å². The Morgan fingerprint density at radius 3 is 2.43 bits per heavy atom. The maximum Gasteiger partial charge on any atom is 0.213 e. The fourth-order valence-electron chi connectivity index (χ4n) is 1.11. The molecule has 0 fully saturated rings. The van der Waals surface area contributed by atoms with Gasteiger partial charge in [0.25, 0.3) is 0 Å². The molecule has 86 valence electrons. The maximum absolute atomic E-state index is 11.6. The standard InChI is InChI=1S/C9H22N2O2S/c1-4-5-8-11(3)14(12,13)9-6-7-10-2/h10H,4-9H2,1-3H3. The van der Waals surface area contributed by atoms with Crippen LogP contribution in [0.15, 0.2) is 0 Å². The number of nitrogens with zero attached hydrogens (tertiary/aromatic N) is 1. The lowest BCUT2D eigenvalue weighted by molar-refractivity contribution is 0.457. The van der Waals surface area contributed by atoms with Crippen LogP contribution in [-0.2, 0) is 10.0 Å². The molecule has 0 bridgehead atoms. The van der Waals surface area contributed by atoms with Crippen LogP contribution in [0.4, 0.5) is 0 Å². The molecule has 14 heavy (non-hydrogen) atoms. The highest BCUT2D eigenvalue weighted by atomic mass is 32.2. The Morgan fingerprint density at radius 1 is 1.29 bits per heavy atom. The molecular weight excluding hydrogens is 200 g/mol. The molecule has 0 saturated heterocycles. The molecule has 0 rings (SSSR count). The summed E-state index contributed by atoms with van der Waals surface area (Å²) in [5.74, 6) is 0.244. The van der Waals surface area contributed by atoms with Crippen molar-refractivity contribution in [2.24, 2.45) is 0 Å². The number of sulfonamides is 1. The van der Waals surface area contributed by atoms with E-state index in [1.54, 1.807) is 7.05 Å². The SMILES string of the molecule is CCCCN(C)S(=O)(=O)CCCNC. The van der Waals surface area contributed by atoms with Gasteiger partial charge in [-0.25, -0.2) is 12.7 Å². The van der Waals surface area contributed by atoms with Crippen molar-refractivity contribution in [3.05, 3.63) is 0 Å². The van der Waals surface area contributed by atoms with Gasteiger partial charge in [-0.2, -0.15) is 0 Å². The molecule has 0 amide bonds. The highest BCUT2D eigenvalue weighted by Gasteiger charge is 2.15. The molecule has 0 aromatic rings. The highest BCUT2D eigenvalue weighted by molar-refractivity contribution is 7.89. The van der Waals surface area contributed by atoms with E-state index in [0.717, 1.165) is 19.4 Å². The lowest BCUT2D eigenvalue weighted by Gasteiger charge is -2.16. The minimum absolute atomic E-state index is 0.244. The summed E-state index contributed by atoms with van der Waals surface area (Å²) in [7, 11) is 0.472. The first-order valence-corrected chi connectivity index (χ1v) is 6.74. The Morgan fingerprint density at radius 2 is 1.93 bits per heavy atom. The summed E-state index contributed by atoms with van der Waals surface area (Å²) in [6, 6.07) is 0. The molecule has 0 saturated carbocycles. The van der Waals surface area contributed by atoms with Gasteiger partial charge in [-0.3, -0.25) is 0 Å². The van der Waals surface area contributed by atoms with Crippen LogP contribution < -0.4 is 5.32 Å². The average molecular weight is 222 g/mol. The van der Waals surface area contributed by atoms with E-state index < -0.39 is 10.0 Å². The Balaban J connectivity index is 3.91. The first-order chi connectivity index (χ1) is 6.54. The minimum Gasteiger partial charge on any atom is -0.320 e. The largest absolute Gasteiger partial charge is 0.320 e. The Bertz CT molecular complexity index is 227. The van der Waals surface area contributed by atoms with Crippen molar-refractivity contribution in [3.8, 4) is 0 Å². The van der Waals surface area contributed by atoms with E-state index in [4.69, 9.17) is 0 Å². The molecule has 4 nitrogen and oxygen atoms in total. The molecule has 0 aliphatic carbocycles. The lowest BCUT2D eigenvalue weighted by atomic mass is 10.3. The van der Waals surface area contributed by atoms with Gasteiger partial charge < -0.3 is 5.32 Å². The molecule has 5 heteroatoms. The number of hydrogen-bond acceptors (Lipinski definition) is 3. The smallest absolute Gasteiger partial charge is 0.213 e. The zero-order valence-electron chi connectivity index (χ0n) is 9.41. The molecule has 0 spiro atoms. The zero-order valence-corrected chi connectivity index (χ0v) is 10.2. The fraction of sp³-hybridized carbons (Fsp3) is 1.00. The van der Waals surface area contributed by atoms with Crippen molar-refractivity contribution in [1.29, 1.82) is 0 Å². The van der Waals surface area contributed by atoms with Crippen molar-refractivity contribution in [3.63, 3.8) is 0 Å². The van der Waals surface area contributed by atoms with Gasteiger partial charge in [-0.1, -0.05) is 13.3 Å². The summed E-state index contributed by atoms with van der Waals surface area (Å²) in [5, 5.41) is 2.94. The van der Waals surface area contributed by atoms with Crippen LogP contribution in [0, 0.1) is 0 Å². The average Bonchev–Trinajstić information content (AvgIpc) is 2.14. The van der Waals surface area contributed by atoms with Crippen LogP contribution in [0.3, 0.4) is 0 Å². The first kappa shape index (κ1) is 13.9. The van der Waals surface area contributed by atoms with Crippen LogP contribution >= 0.6 is 0 Å². The van der Waals surface area contributed by atoms with E-state index in [1.165, 1.54) is 4.31 Å². The minimum atomic E-state index is -3.01. The molecule has 0 aliphatic rings. The van der Waals surface area contributed by atoms with Crippen LogP contribution in [0.2, 0.25) is 0 Å². The first-order valence-electron chi connectivity index (χ1n) is 5.13. The number of rotatable bonds is 8. The maximum atomic E-state index is 11.6. The third-order valence-electron chi connectivity index (χ3n) is 2.13. The fourth-order valence-corrected chi connectivity index (χ4v) is 2.34. The van der Waals surface area contributed by atoms with Gasteiger partial charge in [-0.15, -0.1) is 0 Å². The third-order valence-corrected chi connectivity index (χ3v) is 4.07. The molecule has 1 N–H and O–H groups in total. The molecule has 0 radical (unpaired) electrons. The topological polar surface area (TPSA) is 49.4 Å². The van der Waals surface area contributed by atoms with Crippen molar-refractivity contribution in [2.45, 2.75) is 26.2 Å². The predicted octanol–water partition coefficient (Wildman–Crippen LogP) is 0.658. The summed E-state index contributed by atoms with van der Waals surface area (Å²) in [5.41, 5.74) is 0. The van der Waals surface area contributed by atoms with Crippen LogP contribution in [-0.4, -0.2) is 45.7 Å². The molecule has 0 atom stereocenters. The van der Waals surface area contributed by atoms with Crippen molar-refractivity contribution in [2.75, 3.05) is 32.9 Å². The summed E-state index contributed by atoms with van der Waals surface area (Å²) in [6.07, 6.45) is 2.63. The zero-order chi connectivity index (χ0) is 11.0. The van der Waals surface area contributed by atoms with E-state index in [0.29, 0.717) is 13.0 Å². The van der Waals surface area contributed by atoms with Crippen LogP contribution in [0.25, 0.3) is 0 Å². The summed E-state index contributed by atoms with van der Waals surface area (Å²) < 4.78 is 24.7. The second kappa shape index (κ2) is 7.20. The van der Waals surface area contributed by atoms with Crippen molar-refractivity contribution >= 4 is 10.0 Å². The molecule has 0 aromatic heterocycles. The van der Waals surface area contributed by atoms with Gasteiger partial charge in [0.15, 0.2) is 0 Å². The Kier molecular flexibility index (Phi) is 7.13. The highest BCUT2D eigenvalue weighted by Crippen LogP contribution is 2.02. The van der Waals surface area contributed by atoms with Gasteiger partial charge in [0.1, 0.15) is 0 Å². The quantitative estimate of drug-likeness (QED) is 0.614. The lowest BCUT2D eigenvalue weighted by Crippen LogP contribution is -2.31. The number of nitrogens with one attached hydrogen (secondary N) is 1. The molecule has 0 heterocycles. The van der Waals surface area contributed by atoms with Gasteiger partial charge >= 0.3 is 0 Å². The number of hydrogen-bond donors (Lipinski definition) is 1. The van der Waals surface area contributed by atoms with Gasteiger partial charge in [0.05, 0.1) is 5.75 Å². The van der Waals surface area contributed by atoms with Crippen LogP contribution in [0.5, 0.6) is 0 Å². The van der Waals surface area contributed by atoms with Gasteiger partial charge in [0, 0.05) is 13.6 Å². The Hall–Kier alpha value is -0.130. The molecule has 0 aliphatic heterocycles. The predicted molar refractivity (Wildman–Crippen MR) is 59.9 cm³/mol. The summed E-state index contributed by atoms with van der Waals surface area (Å²) in [6.45, 7) is 3.45. The van der Waals surface area contributed by atoms with Gasteiger partial charge in [0.2, 0.25) is 10.0 Å². The third kappa shape index (κ3) is 5.57.